The van der Waals surface area contributed by atoms with Crippen LogP contribution in [0.25, 0.3) is 0 Å². The fourth-order valence-electron chi connectivity index (χ4n) is 1.82. The van der Waals surface area contributed by atoms with Gasteiger partial charge in [-0.3, -0.25) is 4.79 Å². The van der Waals surface area contributed by atoms with Gasteiger partial charge in [0.15, 0.2) is 5.78 Å². The molecule has 19 heavy (non-hydrogen) atoms. The molecule has 0 N–H and O–H groups in total. The van der Waals surface area contributed by atoms with Gasteiger partial charge in [-0.15, -0.1) is 0 Å². The first-order chi connectivity index (χ1) is 9.13. The van der Waals surface area contributed by atoms with E-state index < -0.39 is 0 Å². The van der Waals surface area contributed by atoms with Crippen molar-refractivity contribution in [1.29, 1.82) is 0 Å². The fraction of sp³-hybridized carbons (Fsp3) is 0.188. The average molecular weight is 275 g/mol. The van der Waals surface area contributed by atoms with Crippen LogP contribution in [0.15, 0.2) is 48.5 Å². The van der Waals surface area contributed by atoms with Gasteiger partial charge >= 0.3 is 0 Å². The van der Waals surface area contributed by atoms with Gasteiger partial charge in [0.2, 0.25) is 0 Å². The molecule has 3 heteroatoms. The van der Waals surface area contributed by atoms with Crippen LogP contribution in [-0.2, 0) is 11.2 Å². The van der Waals surface area contributed by atoms with Crippen molar-refractivity contribution in [2.75, 3.05) is 6.61 Å². The Hall–Kier alpha value is -1.80. The smallest absolute Gasteiger partial charge is 0.174 e. The van der Waals surface area contributed by atoms with Gasteiger partial charge in [0.05, 0.1) is 0 Å². The van der Waals surface area contributed by atoms with Crippen molar-refractivity contribution < 1.29 is 9.53 Å². The number of hydrogen-bond donors (Lipinski definition) is 0. The lowest BCUT2D eigenvalue weighted by Gasteiger charge is -2.06. The van der Waals surface area contributed by atoms with E-state index in [-0.39, 0.29) is 12.4 Å². The molecule has 0 aromatic heterocycles. The van der Waals surface area contributed by atoms with Gasteiger partial charge < -0.3 is 4.74 Å². The lowest BCUT2D eigenvalue weighted by molar-refractivity contribution is -0.120. The number of hydrogen-bond acceptors (Lipinski definition) is 2. The Morgan fingerprint density at radius 1 is 1.16 bits per heavy atom. The maximum absolute atomic E-state index is 11.8. The molecule has 98 valence electrons. The number of halogens is 1. The molecule has 0 saturated carbocycles. The van der Waals surface area contributed by atoms with Crippen molar-refractivity contribution in [3.05, 3.63) is 64.7 Å². The molecule has 0 aliphatic heterocycles. The Balaban J connectivity index is 1.88. The topological polar surface area (TPSA) is 26.3 Å². The van der Waals surface area contributed by atoms with Crippen LogP contribution in [0, 0.1) is 6.92 Å². The number of Topliss-reactive ketones (excluding diaryl/α,β-unsaturated/α-hetero) is 1. The number of benzene rings is 2. The highest BCUT2D eigenvalue weighted by molar-refractivity contribution is 6.30. The summed E-state index contributed by atoms with van der Waals surface area (Å²) in [6, 6.07) is 15.0. The first-order valence-electron chi connectivity index (χ1n) is 6.09. The Bertz CT molecular complexity index is 578. The Morgan fingerprint density at radius 3 is 2.68 bits per heavy atom. The lowest BCUT2D eigenvalue weighted by atomic mass is 10.1. The second-order valence-corrected chi connectivity index (χ2v) is 4.89. The van der Waals surface area contributed by atoms with E-state index in [1.165, 1.54) is 0 Å². The van der Waals surface area contributed by atoms with Gasteiger partial charge in [-0.25, -0.2) is 0 Å². The van der Waals surface area contributed by atoms with Crippen LogP contribution in [0.2, 0.25) is 5.02 Å². The van der Waals surface area contributed by atoms with Gasteiger partial charge in [-0.05, 0) is 30.7 Å². The summed E-state index contributed by atoms with van der Waals surface area (Å²) >= 11 is 5.84. The first kappa shape index (κ1) is 13.6. The van der Waals surface area contributed by atoms with E-state index in [0.29, 0.717) is 17.2 Å². The van der Waals surface area contributed by atoms with E-state index in [9.17, 15) is 4.79 Å². The van der Waals surface area contributed by atoms with Crippen molar-refractivity contribution in [2.45, 2.75) is 13.3 Å². The SMILES string of the molecule is Cc1cccc(CC(=O)COc2cccc(Cl)c2)c1. The van der Waals surface area contributed by atoms with Gasteiger partial charge in [-0.2, -0.15) is 0 Å². The predicted molar refractivity (Wildman–Crippen MR) is 76.8 cm³/mol. The average Bonchev–Trinajstić information content (AvgIpc) is 2.36. The minimum Gasteiger partial charge on any atom is -0.486 e. The molecule has 0 unspecified atom stereocenters. The summed E-state index contributed by atoms with van der Waals surface area (Å²) < 4.78 is 5.42. The largest absolute Gasteiger partial charge is 0.486 e. The van der Waals surface area contributed by atoms with E-state index in [1.807, 2.05) is 31.2 Å². The van der Waals surface area contributed by atoms with E-state index in [1.54, 1.807) is 24.3 Å². The van der Waals surface area contributed by atoms with Crippen molar-refractivity contribution in [2.24, 2.45) is 0 Å². The zero-order chi connectivity index (χ0) is 13.7. The second kappa shape index (κ2) is 6.39. The minimum absolute atomic E-state index is 0.0468. The summed E-state index contributed by atoms with van der Waals surface area (Å²) in [7, 11) is 0. The molecule has 0 fully saturated rings. The number of ether oxygens (including phenoxy) is 1. The summed E-state index contributed by atoms with van der Waals surface area (Å²) in [5.74, 6) is 0.663. The molecule has 0 radical (unpaired) electrons. The van der Waals surface area contributed by atoms with E-state index in [2.05, 4.69) is 0 Å². The van der Waals surface area contributed by atoms with Crippen LogP contribution in [-0.4, -0.2) is 12.4 Å². The van der Waals surface area contributed by atoms with Gasteiger partial charge in [0, 0.05) is 11.4 Å². The molecule has 0 spiro atoms. The fourth-order valence-corrected chi connectivity index (χ4v) is 2.00. The van der Waals surface area contributed by atoms with E-state index >= 15 is 0 Å². The van der Waals surface area contributed by atoms with Crippen LogP contribution in [0.5, 0.6) is 5.75 Å². The maximum Gasteiger partial charge on any atom is 0.174 e. The van der Waals surface area contributed by atoms with Crippen molar-refractivity contribution in [1.82, 2.24) is 0 Å². The van der Waals surface area contributed by atoms with E-state index in [4.69, 9.17) is 16.3 Å². The van der Waals surface area contributed by atoms with Crippen molar-refractivity contribution in [3.63, 3.8) is 0 Å². The second-order valence-electron chi connectivity index (χ2n) is 4.45. The minimum atomic E-state index is 0.0468. The zero-order valence-corrected chi connectivity index (χ0v) is 11.5. The predicted octanol–water partition coefficient (Wildman–Crippen LogP) is 3.84. The van der Waals surface area contributed by atoms with E-state index in [0.717, 1.165) is 11.1 Å². The van der Waals surface area contributed by atoms with Gasteiger partial charge in [-0.1, -0.05) is 47.5 Å². The third-order valence-electron chi connectivity index (χ3n) is 2.68. The summed E-state index contributed by atoms with van der Waals surface area (Å²) in [5.41, 5.74) is 2.17. The Kier molecular flexibility index (Phi) is 4.58. The summed E-state index contributed by atoms with van der Waals surface area (Å²) in [6.07, 6.45) is 0.391. The molecular weight excluding hydrogens is 260 g/mol. The molecule has 0 heterocycles. The van der Waals surface area contributed by atoms with Crippen LogP contribution >= 0.6 is 11.6 Å². The summed E-state index contributed by atoms with van der Waals surface area (Å²) in [4.78, 5) is 11.8. The van der Waals surface area contributed by atoms with Crippen LogP contribution in [0.1, 0.15) is 11.1 Å². The monoisotopic (exact) mass is 274 g/mol. The van der Waals surface area contributed by atoms with Crippen LogP contribution in [0.3, 0.4) is 0 Å². The first-order valence-corrected chi connectivity index (χ1v) is 6.47. The molecule has 0 aliphatic rings. The normalized spacial score (nSPS) is 10.2. The number of aryl methyl sites for hydroxylation is 1. The third kappa shape index (κ3) is 4.42. The Labute approximate surface area is 118 Å². The number of carbonyl (C=O) groups excluding carboxylic acids is 1. The molecule has 0 aliphatic carbocycles. The van der Waals surface area contributed by atoms with Crippen LogP contribution in [0.4, 0.5) is 0 Å². The number of rotatable bonds is 5. The van der Waals surface area contributed by atoms with Gasteiger partial charge in [0.1, 0.15) is 12.4 Å². The molecule has 2 nitrogen and oxygen atoms in total. The number of carbonyl (C=O) groups is 1. The molecule has 2 rings (SSSR count). The highest BCUT2D eigenvalue weighted by Gasteiger charge is 2.05. The lowest BCUT2D eigenvalue weighted by Crippen LogP contribution is -2.13. The highest BCUT2D eigenvalue weighted by Crippen LogP contribution is 2.17. The third-order valence-corrected chi connectivity index (χ3v) is 2.91. The molecule has 0 amide bonds. The highest BCUT2D eigenvalue weighted by atomic mass is 35.5. The molecule has 2 aromatic rings. The van der Waals surface area contributed by atoms with Gasteiger partial charge in [0.25, 0.3) is 0 Å². The van der Waals surface area contributed by atoms with Crippen LogP contribution < -0.4 is 4.74 Å². The van der Waals surface area contributed by atoms with Crippen molar-refractivity contribution in [3.8, 4) is 5.75 Å². The zero-order valence-electron chi connectivity index (χ0n) is 10.7. The summed E-state index contributed by atoms with van der Waals surface area (Å²) in [6.45, 7) is 2.07. The quantitative estimate of drug-likeness (QED) is 0.828. The maximum atomic E-state index is 11.8. The molecule has 0 atom stereocenters. The Morgan fingerprint density at radius 2 is 1.95 bits per heavy atom. The molecule has 0 bridgehead atoms. The van der Waals surface area contributed by atoms with Crippen molar-refractivity contribution >= 4 is 17.4 Å². The molecule has 0 saturated heterocycles. The molecular formula is C16H15ClO2. The standard InChI is InChI=1S/C16H15ClO2/c1-12-4-2-5-13(8-12)9-15(18)11-19-16-7-3-6-14(17)10-16/h2-8,10H,9,11H2,1H3. The summed E-state index contributed by atoms with van der Waals surface area (Å²) in [5, 5.41) is 0.601. The molecule has 2 aromatic carbocycles. The number of ketones is 1.